The summed E-state index contributed by atoms with van der Waals surface area (Å²) in [6.07, 6.45) is 0. The third kappa shape index (κ3) is 3.57. The van der Waals surface area contributed by atoms with Crippen LogP contribution < -0.4 is 10.4 Å². The molecule has 28 heavy (non-hydrogen) atoms. The van der Waals surface area contributed by atoms with Crippen LogP contribution >= 0.6 is 11.6 Å². The van der Waals surface area contributed by atoms with E-state index < -0.39 is 0 Å². The van der Waals surface area contributed by atoms with E-state index in [0.29, 0.717) is 0 Å². The SMILES string of the molecule is CN1CCN(c2ccc(Cl)cc2)c2ccc(B3OC(C)(C)C(C)(C)O3)cc2C1. The van der Waals surface area contributed by atoms with Crippen molar-refractivity contribution in [3.8, 4) is 0 Å². The molecule has 1 fully saturated rings. The van der Waals surface area contributed by atoms with Crippen molar-refractivity contribution in [2.24, 2.45) is 0 Å². The molecule has 0 amide bonds. The Morgan fingerprint density at radius 3 is 2.21 bits per heavy atom. The van der Waals surface area contributed by atoms with E-state index in [0.717, 1.165) is 35.8 Å². The molecule has 4 rings (SSSR count). The first-order valence-corrected chi connectivity index (χ1v) is 10.2. The third-order valence-corrected chi connectivity index (χ3v) is 6.46. The van der Waals surface area contributed by atoms with Gasteiger partial charge in [-0.15, -0.1) is 0 Å². The lowest BCUT2D eigenvalue weighted by molar-refractivity contribution is 0.00578. The highest BCUT2D eigenvalue weighted by Crippen LogP contribution is 2.37. The molecule has 2 aliphatic rings. The fourth-order valence-corrected chi connectivity index (χ4v) is 3.90. The molecule has 0 saturated carbocycles. The number of benzene rings is 2. The van der Waals surface area contributed by atoms with E-state index in [1.54, 1.807) is 0 Å². The number of rotatable bonds is 2. The van der Waals surface area contributed by atoms with Gasteiger partial charge in [0, 0.05) is 36.0 Å². The van der Waals surface area contributed by atoms with Gasteiger partial charge in [-0.25, -0.2) is 0 Å². The molecule has 0 aromatic heterocycles. The van der Waals surface area contributed by atoms with Gasteiger partial charge < -0.3 is 19.1 Å². The molecule has 2 aliphatic heterocycles. The van der Waals surface area contributed by atoms with Crippen LogP contribution in [0.1, 0.15) is 33.3 Å². The average Bonchev–Trinajstić information content (AvgIpc) is 2.75. The minimum atomic E-state index is -0.340. The number of halogens is 1. The van der Waals surface area contributed by atoms with Gasteiger partial charge in [-0.2, -0.15) is 0 Å². The third-order valence-electron chi connectivity index (χ3n) is 6.20. The van der Waals surface area contributed by atoms with Gasteiger partial charge in [0.25, 0.3) is 0 Å². The molecule has 0 atom stereocenters. The van der Waals surface area contributed by atoms with Gasteiger partial charge in [0.1, 0.15) is 0 Å². The number of fused-ring (bicyclic) bond motifs is 1. The summed E-state index contributed by atoms with van der Waals surface area (Å²) in [6, 6.07) is 14.6. The number of hydrogen-bond acceptors (Lipinski definition) is 4. The summed E-state index contributed by atoms with van der Waals surface area (Å²) in [5, 5.41) is 0.757. The summed E-state index contributed by atoms with van der Waals surface area (Å²) in [6.45, 7) is 11.2. The van der Waals surface area contributed by atoms with Gasteiger partial charge in [-0.3, -0.25) is 0 Å². The molecule has 0 bridgehead atoms. The number of nitrogens with zero attached hydrogens (tertiary/aromatic N) is 2. The first kappa shape index (κ1) is 19.8. The molecular formula is C22H28BClN2O2. The highest BCUT2D eigenvalue weighted by atomic mass is 35.5. The van der Waals surface area contributed by atoms with Crippen LogP contribution in [0.4, 0.5) is 11.4 Å². The Morgan fingerprint density at radius 1 is 0.929 bits per heavy atom. The fourth-order valence-electron chi connectivity index (χ4n) is 3.77. The molecule has 4 nitrogen and oxygen atoms in total. The molecule has 0 radical (unpaired) electrons. The standard InChI is InChI=1S/C22H28BClN2O2/c1-21(2)22(3,4)28-23(27-21)17-6-11-20-16(14-17)15-25(5)12-13-26(20)19-9-7-18(24)8-10-19/h6-11,14H,12-13,15H2,1-5H3. The molecule has 0 aliphatic carbocycles. The zero-order valence-corrected chi connectivity index (χ0v) is 18.1. The van der Waals surface area contributed by atoms with Crippen molar-refractivity contribution < 1.29 is 9.31 Å². The smallest absolute Gasteiger partial charge is 0.399 e. The zero-order chi connectivity index (χ0) is 20.1. The van der Waals surface area contributed by atoms with Crippen molar-refractivity contribution in [2.75, 3.05) is 25.0 Å². The minimum absolute atomic E-state index is 0.337. The van der Waals surface area contributed by atoms with E-state index in [-0.39, 0.29) is 18.3 Å². The van der Waals surface area contributed by atoms with Crippen LogP contribution in [0, 0.1) is 0 Å². The van der Waals surface area contributed by atoms with Crippen LogP contribution in [0.15, 0.2) is 42.5 Å². The lowest BCUT2D eigenvalue weighted by Crippen LogP contribution is -2.41. The number of likely N-dealkylation sites (N-methyl/N-ethyl adjacent to an activating group) is 1. The topological polar surface area (TPSA) is 24.9 Å². The van der Waals surface area contributed by atoms with Crippen LogP contribution in [0.2, 0.25) is 5.02 Å². The maximum absolute atomic E-state index is 6.26. The summed E-state index contributed by atoms with van der Waals surface area (Å²) in [7, 11) is 1.82. The van der Waals surface area contributed by atoms with Crippen molar-refractivity contribution in [3.05, 3.63) is 53.1 Å². The van der Waals surface area contributed by atoms with Gasteiger partial charge in [0.2, 0.25) is 0 Å². The minimum Gasteiger partial charge on any atom is -0.399 e. The van der Waals surface area contributed by atoms with Gasteiger partial charge in [-0.05, 0) is 76.1 Å². The summed E-state index contributed by atoms with van der Waals surface area (Å²) >= 11 is 6.09. The molecule has 1 saturated heterocycles. The Hall–Kier alpha value is -1.53. The second kappa shape index (κ2) is 7.07. The molecule has 2 heterocycles. The van der Waals surface area contributed by atoms with Crippen molar-refractivity contribution in [3.63, 3.8) is 0 Å². The fraction of sp³-hybridized carbons (Fsp3) is 0.455. The van der Waals surface area contributed by atoms with Crippen molar-refractivity contribution >= 4 is 35.6 Å². The lowest BCUT2D eigenvalue weighted by atomic mass is 9.78. The monoisotopic (exact) mass is 398 g/mol. The van der Waals surface area contributed by atoms with Crippen LogP contribution in [-0.2, 0) is 15.9 Å². The van der Waals surface area contributed by atoms with Crippen LogP contribution in [0.25, 0.3) is 0 Å². The van der Waals surface area contributed by atoms with Gasteiger partial charge in [0.05, 0.1) is 11.2 Å². The second-order valence-electron chi connectivity index (χ2n) is 8.84. The highest BCUT2D eigenvalue weighted by molar-refractivity contribution is 6.62. The van der Waals surface area contributed by atoms with Gasteiger partial charge >= 0.3 is 7.12 Å². The normalized spacial score (nSPS) is 21.5. The predicted octanol–water partition coefficient (Wildman–Crippen LogP) is 4.22. The summed E-state index contributed by atoms with van der Waals surface area (Å²) in [4.78, 5) is 4.71. The Labute approximate surface area is 173 Å². The predicted molar refractivity (Wildman–Crippen MR) is 117 cm³/mol. The van der Waals surface area contributed by atoms with Crippen LogP contribution in [0.5, 0.6) is 0 Å². The van der Waals surface area contributed by atoms with E-state index in [9.17, 15) is 0 Å². The molecule has 0 spiro atoms. The van der Waals surface area contributed by atoms with Crippen molar-refractivity contribution in [1.82, 2.24) is 4.90 Å². The molecule has 2 aromatic rings. The van der Waals surface area contributed by atoms with E-state index in [4.69, 9.17) is 20.9 Å². The summed E-state index contributed by atoms with van der Waals surface area (Å²) < 4.78 is 12.5. The first-order chi connectivity index (χ1) is 13.2. The van der Waals surface area contributed by atoms with E-state index >= 15 is 0 Å². The zero-order valence-electron chi connectivity index (χ0n) is 17.3. The van der Waals surface area contributed by atoms with E-state index in [2.05, 4.69) is 74.9 Å². The Balaban J connectivity index is 1.70. The van der Waals surface area contributed by atoms with Gasteiger partial charge in [0.15, 0.2) is 0 Å². The first-order valence-electron chi connectivity index (χ1n) is 9.86. The molecule has 0 unspecified atom stereocenters. The lowest BCUT2D eigenvalue weighted by Gasteiger charge is -2.32. The molecule has 2 aromatic carbocycles. The summed E-state index contributed by atoms with van der Waals surface area (Å²) in [5.74, 6) is 0. The molecule has 0 N–H and O–H groups in total. The summed E-state index contributed by atoms with van der Waals surface area (Å²) in [5.41, 5.74) is 4.06. The molecule has 148 valence electrons. The molecule has 6 heteroatoms. The van der Waals surface area contributed by atoms with E-state index in [1.807, 2.05) is 12.1 Å². The maximum Gasteiger partial charge on any atom is 0.494 e. The van der Waals surface area contributed by atoms with Crippen molar-refractivity contribution in [2.45, 2.75) is 45.4 Å². The Morgan fingerprint density at radius 2 is 1.57 bits per heavy atom. The average molecular weight is 399 g/mol. The van der Waals surface area contributed by atoms with Crippen LogP contribution in [0.3, 0.4) is 0 Å². The second-order valence-corrected chi connectivity index (χ2v) is 9.28. The number of anilines is 2. The van der Waals surface area contributed by atoms with E-state index in [1.165, 1.54) is 11.3 Å². The largest absolute Gasteiger partial charge is 0.494 e. The quantitative estimate of drug-likeness (QED) is 0.707. The Bertz CT molecular complexity index is 853. The Kier molecular flexibility index (Phi) is 4.99. The maximum atomic E-state index is 6.26. The van der Waals surface area contributed by atoms with Crippen molar-refractivity contribution in [1.29, 1.82) is 0 Å². The molecular weight excluding hydrogens is 371 g/mol. The van der Waals surface area contributed by atoms with Crippen LogP contribution in [-0.4, -0.2) is 43.4 Å². The highest BCUT2D eigenvalue weighted by Gasteiger charge is 2.51. The number of hydrogen-bond donors (Lipinski definition) is 0. The van der Waals surface area contributed by atoms with Gasteiger partial charge in [-0.1, -0.05) is 23.7 Å².